The van der Waals surface area contributed by atoms with E-state index < -0.39 is 0 Å². The molecule has 1 amide bonds. The molecule has 0 bridgehead atoms. The molecule has 2 N–H and O–H groups in total. The van der Waals surface area contributed by atoms with Crippen LogP contribution in [0.2, 0.25) is 0 Å². The van der Waals surface area contributed by atoms with Crippen LogP contribution < -0.4 is 5.69 Å². The fourth-order valence-corrected chi connectivity index (χ4v) is 1.63. The second kappa shape index (κ2) is 3.90. The SMILES string of the molecule is C[C@H]1COCCN1C(=O)c1c[nH]c(=O)[nH]1. The van der Waals surface area contributed by atoms with Gasteiger partial charge in [0.25, 0.3) is 5.91 Å². The maximum absolute atomic E-state index is 11.9. The van der Waals surface area contributed by atoms with Crippen molar-refractivity contribution in [3.63, 3.8) is 0 Å². The van der Waals surface area contributed by atoms with Gasteiger partial charge in [0.1, 0.15) is 5.69 Å². The average Bonchev–Trinajstić information content (AvgIpc) is 2.65. The van der Waals surface area contributed by atoms with Crippen molar-refractivity contribution in [1.29, 1.82) is 0 Å². The topological polar surface area (TPSA) is 78.2 Å². The fraction of sp³-hybridized carbons (Fsp3) is 0.556. The number of nitrogens with zero attached hydrogens (tertiary/aromatic N) is 1. The first-order valence-corrected chi connectivity index (χ1v) is 4.85. The van der Waals surface area contributed by atoms with Gasteiger partial charge in [0.05, 0.1) is 19.3 Å². The molecule has 0 unspecified atom stereocenters. The number of morpholine rings is 1. The van der Waals surface area contributed by atoms with E-state index in [1.54, 1.807) is 4.90 Å². The highest BCUT2D eigenvalue weighted by atomic mass is 16.5. The average molecular weight is 211 g/mol. The molecule has 0 saturated carbocycles. The summed E-state index contributed by atoms with van der Waals surface area (Å²) in [5.74, 6) is -0.163. The maximum Gasteiger partial charge on any atom is 0.323 e. The maximum atomic E-state index is 11.9. The number of aromatic amines is 2. The van der Waals surface area contributed by atoms with Gasteiger partial charge in [-0.2, -0.15) is 0 Å². The number of carbonyl (C=O) groups excluding carboxylic acids is 1. The number of hydrogen-bond donors (Lipinski definition) is 2. The van der Waals surface area contributed by atoms with Crippen LogP contribution in [0.5, 0.6) is 0 Å². The van der Waals surface area contributed by atoms with Gasteiger partial charge in [-0.1, -0.05) is 0 Å². The zero-order valence-corrected chi connectivity index (χ0v) is 8.45. The predicted molar refractivity (Wildman–Crippen MR) is 52.7 cm³/mol. The zero-order valence-electron chi connectivity index (χ0n) is 8.45. The summed E-state index contributed by atoms with van der Waals surface area (Å²) in [6.45, 7) is 3.57. The van der Waals surface area contributed by atoms with Gasteiger partial charge >= 0.3 is 5.69 Å². The Morgan fingerprint density at radius 1 is 1.67 bits per heavy atom. The van der Waals surface area contributed by atoms with Gasteiger partial charge in [0, 0.05) is 12.7 Å². The van der Waals surface area contributed by atoms with E-state index in [9.17, 15) is 9.59 Å². The van der Waals surface area contributed by atoms with Crippen molar-refractivity contribution >= 4 is 5.91 Å². The first-order valence-electron chi connectivity index (χ1n) is 4.85. The van der Waals surface area contributed by atoms with Crippen LogP contribution in [0, 0.1) is 0 Å². The van der Waals surface area contributed by atoms with Crippen LogP contribution in [0.25, 0.3) is 0 Å². The summed E-state index contributed by atoms with van der Waals surface area (Å²) in [5, 5.41) is 0. The number of ether oxygens (including phenoxy) is 1. The highest BCUT2D eigenvalue weighted by molar-refractivity contribution is 5.92. The molecule has 1 saturated heterocycles. The van der Waals surface area contributed by atoms with Crippen LogP contribution in [0.4, 0.5) is 0 Å². The van der Waals surface area contributed by atoms with Crippen LogP contribution in [0.3, 0.4) is 0 Å². The summed E-state index contributed by atoms with van der Waals surface area (Å²) in [5.41, 5.74) is -0.0620. The molecule has 2 rings (SSSR count). The third-order valence-corrected chi connectivity index (χ3v) is 2.45. The van der Waals surface area contributed by atoms with Gasteiger partial charge < -0.3 is 19.6 Å². The van der Waals surface area contributed by atoms with E-state index in [0.29, 0.717) is 25.5 Å². The van der Waals surface area contributed by atoms with E-state index in [1.807, 2.05) is 6.92 Å². The van der Waals surface area contributed by atoms with Crippen molar-refractivity contribution in [2.45, 2.75) is 13.0 Å². The summed E-state index contributed by atoms with van der Waals surface area (Å²) in [7, 11) is 0. The number of nitrogens with one attached hydrogen (secondary N) is 2. The summed E-state index contributed by atoms with van der Waals surface area (Å²) in [4.78, 5) is 29.3. The van der Waals surface area contributed by atoms with Crippen LogP contribution in [-0.2, 0) is 4.74 Å². The summed E-state index contributed by atoms with van der Waals surface area (Å²) in [6.07, 6.45) is 1.40. The van der Waals surface area contributed by atoms with Crippen molar-refractivity contribution in [1.82, 2.24) is 14.9 Å². The Hall–Kier alpha value is -1.56. The Labute approximate surface area is 86.2 Å². The lowest BCUT2D eigenvalue weighted by atomic mass is 10.2. The number of carbonyl (C=O) groups is 1. The Kier molecular flexibility index (Phi) is 2.59. The molecule has 1 aliphatic heterocycles. The lowest BCUT2D eigenvalue weighted by Gasteiger charge is -2.32. The Balaban J connectivity index is 2.16. The summed E-state index contributed by atoms with van der Waals surface area (Å²) < 4.78 is 5.23. The van der Waals surface area contributed by atoms with Crippen molar-refractivity contribution in [2.24, 2.45) is 0 Å². The Morgan fingerprint density at radius 3 is 3.07 bits per heavy atom. The van der Waals surface area contributed by atoms with E-state index in [2.05, 4.69) is 9.97 Å². The molecule has 0 radical (unpaired) electrons. The Morgan fingerprint density at radius 2 is 2.47 bits per heavy atom. The second-order valence-electron chi connectivity index (χ2n) is 3.58. The van der Waals surface area contributed by atoms with Gasteiger partial charge in [-0.3, -0.25) is 4.79 Å². The normalized spacial score (nSPS) is 21.7. The van der Waals surface area contributed by atoms with Gasteiger partial charge in [0.2, 0.25) is 0 Å². The van der Waals surface area contributed by atoms with Crippen LogP contribution in [-0.4, -0.2) is 46.6 Å². The van der Waals surface area contributed by atoms with Crippen molar-refractivity contribution in [2.75, 3.05) is 19.8 Å². The van der Waals surface area contributed by atoms with Gasteiger partial charge in [-0.25, -0.2) is 4.79 Å². The molecule has 1 aromatic rings. The molecule has 1 aliphatic rings. The van der Waals surface area contributed by atoms with Crippen LogP contribution in [0.15, 0.2) is 11.0 Å². The largest absolute Gasteiger partial charge is 0.377 e. The molecule has 0 aromatic carbocycles. The van der Waals surface area contributed by atoms with E-state index >= 15 is 0 Å². The highest BCUT2D eigenvalue weighted by Crippen LogP contribution is 2.09. The van der Waals surface area contributed by atoms with E-state index in [0.717, 1.165) is 0 Å². The number of rotatable bonds is 1. The molecule has 82 valence electrons. The monoisotopic (exact) mass is 211 g/mol. The molecular weight excluding hydrogens is 198 g/mol. The van der Waals surface area contributed by atoms with Gasteiger partial charge in [0.15, 0.2) is 0 Å². The van der Waals surface area contributed by atoms with Crippen molar-refractivity contribution < 1.29 is 9.53 Å². The van der Waals surface area contributed by atoms with Crippen LogP contribution >= 0.6 is 0 Å². The van der Waals surface area contributed by atoms with E-state index in [4.69, 9.17) is 4.74 Å². The molecule has 1 fully saturated rings. The first-order chi connectivity index (χ1) is 7.18. The molecule has 1 aromatic heterocycles. The molecule has 2 heterocycles. The van der Waals surface area contributed by atoms with Crippen molar-refractivity contribution in [3.8, 4) is 0 Å². The lowest BCUT2D eigenvalue weighted by molar-refractivity contribution is 0.00329. The highest BCUT2D eigenvalue weighted by Gasteiger charge is 2.25. The first kappa shape index (κ1) is 9.97. The molecule has 0 spiro atoms. The third-order valence-electron chi connectivity index (χ3n) is 2.45. The Bertz CT molecular complexity index is 409. The lowest BCUT2D eigenvalue weighted by Crippen LogP contribution is -2.47. The smallest absolute Gasteiger partial charge is 0.323 e. The number of imidazole rings is 1. The summed E-state index contributed by atoms with van der Waals surface area (Å²) in [6, 6.07) is 0.0460. The number of aromatic nitrogens is 2. The molecule has 15 heavy (non-hydrogen) atoms. The zero-order chi connectivity index (χ0) is 10.8. The number of H-pyrrole nitrogens is 2. The van der Waals surface area contributed by atoms with Gasteiger partial charge in [-0.15, -0.1) is 0 Å². The molecule has 6 nitrogen and oxygen atoms in total. The molecule has 6 heteroatoms. The second-order valence-corrected chi connectivity index (χ2v) is 3.58. The molecule has 1 atom stereocenters. The minimum Gasteiger partial charge on any atom is -0.377 e. The van der Waals surface area contributed by atoms with E-state index in [1.165, 1.54) is 6.20 Å². The quantitative estimate of drug-likeness (QED) is 0.661. The number of amides is 1. The summed E-state index contributed by atoms with van der Waals surface area (Å²) >= 11 is 0. The molecular formula is C9H13N3O3. The standard InChI is InChI=1S/C9H13N3O3/c1-6-5-15-3-2-12(6)8(13)7-4-10-9(14)11-7/h4,6H,2-3,5H2,1H3,(H2,10,11,14)/t6-/m0/s1. The predicted octanol–water partition coefficient (Wildman–Crippen LogP) is -0.436. The van der Waals surface area contributed by atoms with E-state index in [-0.39, 0.29) is 17.6 Å². The van der Waals surface area contributed by atoms with Crippen molar-refractivity contribution in [3.05, 3.63) is 22.4 Å². The van der Waals surface area contributed by atoms with Crippen LogP contribution in [0.1, 0.15) is 17.4 Å². The number of hydrogen-bond acceptors (Lipinski definition) is 3. The minimum atomic E-state index is -0.362. The fourth-order valence-electron chi connectivity index (χ4n) is 1.63. The minimum absolute atomic E-state index is 0.0460. The van der Waals surface area contributed by atoms with Gasteiger partial charge in [-0.05, 0) is 6.92 Å². The third kappa shape index (κ3) is 1.94. The molecule has 0 aliphatic carbocycles.